The van der Waals surface area contributed by atoms with Crippen LogP contribution in [0.25, 0.3) is 0 Å². The van der Waals surface area contributed by atoms with Crippen molar-refractivity contribution in [1.82, 2.24) is 0 Å². The minimum Gasteiger partial charge on any atom is -0.462 e. The van der Waals surface area contributed by atoms with Crippen LogP contribution in [0.5, 0.6) is 11.5 Å². The van der Waals surface area contributed by atoms with Gasteiger partial charge in [-0.2, -0.15) is 0 Å². The fourth-order valence-electron chi connectivity index (χ4n) is 2.70. The van der Waals surface area contributed by atoms with Gasteiger partial charge in [0.05, 0.1) is 19.1 Å². The molecule has 0 aliphatic heterocycles. The molecule has 2 N–H and O–H groups in total. The molecule has 1 rings (SSSR count). The molecule has 11 heteroatoms. The summed E-state index contributed by atoms with van der Waals surface area (Å²) in [6, 6.07) is 3.32. The van der Waals surface area contributed by atoms with Crippen molar-refractivity contribution in [1.29, 1.82) is 0 Å². The van der Waals surface area contributed by atoms with E-state index in [1.807, 2.05) is 13.8 Å². The van der Waals surface area contributed by atoms with Crippen molar-refractivity contribution in [2.24, 2.45) is 11.7 Å². The van der Waals surface area contributed by atoms with Crippen LogP contribution in [0, 0.1) is 5.92 Å². The van der Waals surface area contributed by atoms with Gasteiger partial charge in [0.15, 0.2) is 11.5 Å². The van der Waals surface area contributed by atoms with Crippen molar-refractivity contribution in [2.75, 3.05) is 19.8 Å². The van der Waals surface area contributed by atoms with Crippen molar-refractivity contribution in [3.63, 3.8) is 0 Å². The van der Waals surface area contributed by atoms with Gasteiger partial charge < -0.3 is 34.2 Å². The molecule has 0 amide bonds. The molecular weight excluding hydrogens is 486 g/mol. The van der Waals surface area contributed by atoms with Gasteiger partial charge in [0.2, 0.25) is 0 Å². The molecule has 0 aliphatic rings. The van der Waals surface area contributed by atoms with Crippen LogP contribution in [0.3, 0.4) is 0 Å². The second-order valence-electron chi connectivity index (χ2n) is 8.73. The lowest BCUT2D eigenvalue weighted by molar-refractivity contribution is -0.160. The maximum atomic E-state index is 12.4. The summed E-state index contributed by atoms with van der Waals surface area (Å²) < 4.78 is 30.7. The first-order valence-corrected chi connectivity index (χ1v) is 12.5. The summed E-state index contributed by atoms with van der Waals surface area (Å²) in [5, 5.41) is 0. The zero-order chi connectivity index (χ0) is 27.8. The Morgan fingerprint density at radius 2 is 1.38 bits per heavy atom. The highest BCUT2D eigenvalue weighted by atomic mass is 16.7. The minimum atomic E-state index is -1.06. The topological polar surface area (TPSA) is 150 Å². The van der Waals surface area contributed by atoms with Crippen molar-refractivity contribution >= 4 is 24.2 Å². The van der Waals surface area contributed by atoms with Crippen LogP contribution in [0.2, 0.25) is 0 Å². The molecular formula is C26H39NO10. The van der Waals surface area contributed by atoms with Gasteiger partial charge in [-0.25, -0.2) is 9.59 Å². The van der Waals surface area contributed by atoms with Gasteiger partial charge >= 0.3 is 24.2 Å². The van der Waals surface area contributed by atoms with E-state index in [-0.39, 0.29) is 43.7 Å². The fraction of sp³-hybridized carbons (Fsp3) is 0.615. The van der Waals surface area contributed by atoms with Crippen LogP contribution < -0.4 is 15.2 Å². The molecule has 0 unspecified atom stereocenters. The Kier molecular flexibility index (Phi) is 14.7. The highest BCUT2D eigenvalue weighted by Crippen LogP contribution is 2.30. The van der Waals surface area contributed by atoms with E-state index < -0.39 is 36.4 Å². The van der Waals surface area contributed by atoms with Gasteiger partial charge in [-0.15, -0.1) is 0 Å². The maximum Gasteiger partial charge on any atom is 0.513 e. The largest absolute Gasteiger partial charge is 0.513 e. The van der Waals surface area contributed by atoms with E-state index in [2.05, 4.69) is 0 Å². The number of unbranched alkanes of at least 4 members (excludes halogenated alkanes) is 2. The van der Waals surface area contributed by atoms with Gasteiger partial charge in [0.25, 0.3) is 0 Å². The zero-order valence-corrected chi connectivity index (χ0v) is 22.3. The lowest BCUT2D eigenvalue weighted by Crippen LogP contribution is -2.37. The summed E-state index contributed by atoms with van der Waals surface area (Å²) in [5.41, 5.74) is 6.51. The van der Waals surface area contributed by atoms with Crippen molar-refractivity contribution < 1.29 is 47.6 Å². The van der Waals surface area contributed by atoms with Crippen molar-refractivity contribution in [3.05, 3.63) is 23.8 Å². The third-order valence-corrected chi connectivity index (χ3v) is 4.84. The number of esters is 2. The van der Waals surface area contributed by atoms with E-state index in [0.717, 1.165) is 12.8 Å². The number of hydrogen-bond acceptors (Lipinski definition) is 11. The van der Waals surface area contributed by atoms with Gasteiger partial charge in [-0.05, 0) is 43.9 Å². The molecule has 0 bridgehead atoms. The molecule has 0 saturated carbocycles. The number of ether oxygens (including phenoxy) is 6. The summed E-state index contributed by atoms with van der Waals surface area (Å²) in [6.07, 6.45) is 0.425. The van der Waals surface area contributed by atoms with Crippen molar-refractivity contribution in [2.45, 2.75) is 78.9 Å². The third-order valence-electron chi connectivity index (χ3n) is 4.84. The molecule has 1 aromatic carbocycles. The van der Waals surface area contributed by atoms with Crippen molar-refractivity contribution in [3.8, 4) is 11.5 Å². The van der Waals surface area contributed by atoms with Gasteiger partial charge in [-0.1, -0.05) is 46.6 Å². The Morgan fingerprint density at radius 1 is 0.811 bits per heavy atom. The van der Waals surface area contributed by atoms with Crippen LogP contribution >= 0.6 is 0 Å². The van der Waals surface area contributed by atoms with Crippen LogP contribution in [-0.4, -0.2) is 56.2 Å². The Morgan fingerprint density at radius 3 is 1.92 bits per heavy atom. The van der Waals surface area contributed by atoms with E-state index in [9.17, 15) is 19.2 Å². The highest BCUT2D eigenvalue weighted by Gasteiger charge is 2.22. The van der Waals surface area contributed by atoms with E-state index >= 15 is 0 Å². The van der Waals surface area contributed by atoms with E-state index in [0.29, 0.717) is 18.4 Å². The summed E-state index contributed by atoms with van der Waals surface area (Å²) in [7, 11) is 0. The Balaban J connectivity index is 2.86. The molecule has 0 spiro atoms. The van der Waals surface area contributed by atoms with Crippen LogP contribution in [0.4, 0.5) is 9.59 Å². The highest BCUT2D eigenvalue weighted by molar-refractivity contribution is 5.76. The lowest BCUT2D eigenvalue weighted by Gasteiger charge is -2.18. The second kappa shape index (κ2) is 17.2. The number of nitrogens with two attached hydrogens (primary N) is 1. The van der Waals surface area contributed by atoms with E-state index in [1.54, 1.807) is 26.8 Å². The van der Waals surface area contributed by atoms with Crippen LogP contribution in [-0.2, 0) is 35.0 Å². The molecule has 0 radical (unpaired) electrons. The van der Waals surface area contributed by atoms with E-state index in [1.165, 1.54) is 12.1 Å². The normalized spacial score (nSPS) is 12.3. The number of rotatable bonds is 15. The van der Waals surface area contributed by atoms with Gasteiger partial charge in [0.1, 0.15) is 18.8 Å². The Bertz CT molecular complexity index is 886. The third kappa shape index (κ3) is 13.0. The molecule has 2 atom stereocenters. The second-order valence-corrected chi connectivity index (χ2v) is 8.73. The molecule has 0 aliphatic carbocycles. The first-order valence-electron chi connectivity index (χ1n) is 12.5. The maximum absolute atomic E-state index is 12.4. The summed E-state index contributed by atoms with van der Waals surface area (Å²) >= 11 is 0. The molecule has 37 heavy (non-hydrogen) atoms. The minimum absolute atomic E-state index is 0.0276. The Hall–Kier alpha value is -3.34. The molecule has 0 heterocycles. The summed E-state index contributed by atoms with van der Waals surface area (Å²) in [4.78, 5) is 48.1. The fourth-order valence-corrected chi connectivity index (χ4v) is 2.70. The summed E-state index contributed by atoms with van der Waals surface area (Å²) in [6.45, 7) is 9.15. The number of benzene rings is 1. The average Bonchev–Trinajstić information content (AvgIpc) is 2.84. The van der Waals surface area contributed by atoms with Crippen LogP contribution in [0.15, 0.2) is 18.2 Å². The number of carbonyl (C=O) groups is 4. The SMILES string of the molecule is CCCCOC(=O)Oc1ccc(C[C@H](N)C(=O)O[C@@H](C)COC(=O)C(C)C)cc1OC(=O)OCCCC. The molecule has 0 fully saturated rings. The monoisotopic (exact) mass is 525 g/mol. The predicted molar refractivity (Wildman–Crippen MR) is 133 cm³/mol. The zero-order valence-electron chi connectivity index (χ0n) is 22.3. The predicted octanol–water partition coefficient (Wildman–Crippen LogP) is 4.32. The van der Waals surface area contributed by atoms with Gasteiger partial charge in [-0.3, -0.25) is 9.59 Å². The smallest absolute Gasteiger partial charge is 0.462 e. The molecule has 0 aromatic heterocycles. The van der Waals surface area contributed by atoms with Gasteiger partial charge in [0, 0.05) is 0 Å². The van der Waals surface area contributed by atoms with Crippen LogP contribution in [0.1, 0.15) is 65.9 Å². The average molecular weight is 526 g/mol. The lowest BCUT2D eigenvalue weighted by atomic mass is 10.1. The number of carbonyl (C=O) groups excluding carboxylic acids is 4. The standard InChI is InChI=1S/C26H39NO10/c1-6-8-12-32-25(30)36-21-11-10-19(15-22(21)37-26(31)33-13-9-7-2)14-20(27)24(29)35-18(5)16-34-23(28)17(3)4/h10-11,15,17-18,20H,6-9,12-14,16,27H2,1-5H3/t18-,20-/m0/s1. The first kappa shape index (κ1) is 31.7. The molecule has 1 aromatic rings. The summed E-state index contributed by atoms with van der Waals surface area (Å²) in [5.74, 6) is -1.55. The molecule has 11 nitrogen and oxygen atoms in total. The Labute approximate surface area is 217 Å². The molecule has 0 saturated heterocycles. The molecule has 208 valence electrons. The quantitative estimate of drug-likeness (QED) is 0.151. The first-order chi connectivity index (χ1) is 17.6. The van der Waals surface area contributed by atoms with E-state index in [4.69, 9.17) is 34.2 Å². The number of hydrogen-bond donors (Lipinski definition) is 1.